The van der Waals surface area contributed by atoms with Crippen molar-refractivity contribution in [3.05, 3.63) is 0 Å². The van der Waals surface area contributed by atoms with Crippen molar-refractivity contribution in [1.82, 2.24) is 4.90 Å². The lowest BCUT2D eigenvalue weighted by molar-refractivity contribution is 0.0344. The van der Waals surface area contributed by atoms with Gasteiger partial charge in [0.25, 0.3) is 0 Å². The van der Waals surface area contributed by atoms with Crippen LogP contribution in [-0.2, 0) is 0 Å². The van der Waals surface area contributed by atoms with E-state index in [0.717, 1.165) is 13.0 Å². The van der Waals surface area contributed by atoms with E-state index in [1.807, 2.05) is 0 Å². The van der Waals surface area contributed by atoms with Gasteiger partial charge in [0.05, 0.1) is 5.60 Å². The fraction of sp³-hybridized carbons (Fsp3) is 1.00. The topological polar surface area (TPSA) is 49.5 Å². The Morgan fingerprint density at radius 1 is 1.58 bits per heavy atom. The second-order valence-corrected chi connectivity index (χ2v) is 3.83. The van der Waals surface area contributed by atoms with E-state index in [2.05, 4.69) is 25.8 Å². The summed E-state index contributed by atoms with van der Waals surface area (Å²) in [6.45, 7) is 7.32. The summed E-state index contributed by atoms with van der Waals surface area (Å²) in [4.78, 5) is 2.20. The SMILES string of the molecule is CCN(C)C(C)CC(C)(O)CN. The normalized spacial score (nSPS) is 19.2. The Kier molecular flexibility index (Phi) is 4.75. The van der Waals surface area contributed by atoms with Crippen molar-refractivity contribution in [1.29, 1.82) is 0 Å². The van der Waals surface area contributed by atoms with Crippen molar-refractivity contribution < 1.29 is 5.11 Å². The van der Waals surface area contributed by atoms with E-state index in [1.165, 1.54) is 0 Å². The van der Waals surface area contributed by atoms with Crippen LogP contribution in [0.5, 0.6) is 0 Å². The van der Waals surface area contributed by atoms with Gasteiger partial charge in [-0.25, -0.2) is 0 Å². The third-order valence-electron chi connectivity index (χ3n) is 2.43. The molecule has 3 heteroatoms. The lowest BCUT2D eigenvalue weighted by atomic mass is 9.97. The number of hydrogen-bond acceptors (Lipinski definition) is 3. The van der Waals surface area contributed by atoms with Gasteiger partial charge in [-0.05, 0) is 33.9 Å². The van der Waals surface area contributed by atoms with Crippen LogP contribution in [0.3, 0.4) is 0 Å². The molecule has 12 heavy (non-hydrogen) atoms. The number of rotatable bonds is 5. The van der Waals surface area contributed by atoms with E-state index in [-0.39, 0.29) is 0 Å². The molecule has 0 aliphatic rings. The summed E-state index contributed by atoms with van der Waals surface area (Å²) in [5, 5.41) is 9.69. The van der Waals surface area contributed by atoms with Crippen LogP contribution in [0.25, 0.3) is 0 Å². The summed E-state index contributed by atoms with van der Waals surface area (Å²) in [5.41, 5.74) is 4.71. The van der Waals surface area contributed by atoms with Gasteiger partial charge in [-0.2, -0.15) is 0 Å². The largest absolute Gasteiger partial charge is 0.389 e. The minimum absolute atomic E-state index is 0.328. The molecule has 0 aromatic rings. The van der Waals surface area contributed by atoms with E-state index in [4.69, 9.17) is 5.73 Å². The standard InChI is InChI=1S/C9H22N2O/c1-5-11(4)8(2)6-9(3,12)7-10/h8,12H,5-7,10H2,1-4H3. The molecule has 0 bridgehead atoms. The Bertz CT molecular complexity index is 126. The third-order valence-corrected chi connectivity index (χ3v) is 2.43. The van der Waals surface area contributed by atoms with Gasteiger partial charge in [0.2, 0.25) is 0 Å². The number of nitrogens with zero attached hydrogens (tertiary/aromatic N) is 1. The molecule has 0 saturated heterocycles. The molecule has 0 radical (unpaired) electrons. The van der Waals surface area contributed by atoms with Gasteiger partial charge in [0.1, 0.15) is 0 Å². The molecule has 0 heterocycles. The van der Waals surface area contributed by atoms with Crippen molar-refractivity contribution in [2.45, 2.75) is 38.8 Å². The lowest BCUT2D eigenvalue weighted by Crippen LogP contribution is -2.42. The van der Waals surface area contributed by atoms with Crippen molar-refractivity contribution >= 4 is 0 Å². The quantitative estimate of drug-likeness (QED) is 0.635. The molecule has 0 amide bonds. The van der Waals surface area contributed by atoms with Gasteiger partial charge in [-0.15, -0.1) is 0 Å². The summed E-state index contributed by atoms with van der Waals surface area (Å²) < 4.78 is 0. The summed E-state index contributed by atoms with van der Waals surface area (Å²) in [7, 11) is 2.05. The van der Waals surface area contributed by atoms with Crippen LogP contribution in [0.4, 0.5) is 0 Å². The number of hydrogen-bond donors (Lipinski definition) is 2. The first kappa shape index (κ1) is 11.9. The molecule has 0 saturated carbocycles. The van der Waals surface area contributed by atoms with Gasteiger partial charge in [0, 0.05) is 12.6 Å². The summed E-state index contributed by atoms with van der Waals surface area (Å²) >= 11 is 0. The van der Waals surface area contributed by atoms with Gasteiger partial charge in [-0.3, -0.25) is 0 Å². The van der Waals surface area contributed by atoms with Crippen LogP contribution >= 0.6 is 0 Å². The van der Waals surface area contributed by atoms with Crippen LogP contribution in [-0.4, -0.2) is 41.8 Å². The summed E-state index contributed by atoms with van der Waals surface area (Å²) in [5.74, 6) is 0. The zero-order chi connectivity index (χ0) is 9.78. The van der Waals surface area contributed by atoms with Gasteiger partial charge in [-0.1, -0.05) is 6.92 Å². The predicted octanol–water partition coefficient (Wildman–Crippen LogP) is 0.426. The molecule has 2 atom stereocenters. The highest BCUT2D eigenvalue weighted by molar-refractivity contribution is 4.79. The molecule has 0 spiro atoms. The highest BCUT2D eigenvalue weighted by atomic mass is 16.3. The molecule has 2 unspecified atom stereocenters. The summed E-state index contributed by atoms with van der Waals surface area (Å²) in [6.07, 6.45) is 0.730. The minimum Gasteiger partial charge on any atom is -0.389 e. The monoisotopic (exact) mass is 174 g/mol. The van der Waals surface area contributed by atoms with Crippen LogP contribution < -0.4 is 5.73 Å². The molecule has 0 aromatic heterocycles. The first-order valence-corrected chi connectivity index (χ1v) is 4.55. The Morgan fingerprint density at radius 3 is 2.42 bits per heavy atom. The van der Waals surface area contributed by atoms with Crippen LogP contribution in [0.15, 0.2) is 0 Å². The first-order valence-electron chi connectivity index (χ1n) is 4.55. The maximum Gasteiger partial charge on any atom is 0.0756 e. The molecule has 74 valence electrons. The zero-order valence-corrected chi connectivity index (χ0v) is 8.67. The molecule has 0 aliphatic carbocycles. The molecule has 3 N–H and O–H groups in total. The Balaban J connectivity index is 3.90. The van der Waals surface area contributed by atoms with Crippen molar-refractivity contribution in [3.8, 4) is 0 Å². The number of aliphatic hydroxyl groups is 1. The maximum absolute atomic E-state index is 9.69. The molecule has 0 aromatic carbocycles. The van der Waals surface area contributed by atoms with Crippen LogP contribution in [0.1, 0.15) is 27.2 Å². The minimum atomic E-state index is -0.719. The van der Waals surface area contributed by atoms with E-state index in [0.29, 0.717) is 12.6 Å². The van der Waals surface area contributed by atoms with E-state index < -0.39 is 5.60 Å². The van der Waals surface area contributed by atoms with Gasteiger partial charge in [0.15, 0.2) is 0 Å². The van der Waals surface area contributed by atoms with Crippen LogP contribution in [0.2, 0.25) is 0 Å². The third kappa shape index (κ3) is 4.04. The first-order chi connectivity index (χ1) is 5.43. The fourth-order valence-corrected chi connectivity index (χ4v) is 1.19. The lowest BCUT2D eigenvalue weighted by Gasteiger charge is -2.30. The van der Waals surface area contributed by atoms with Gasteiger partial charge < -0.3 is 15.7 Å². The number of nitrogens with two attached hydrogens (primary N) is 1. The molecule has 0 rings (SSSR count). The highest BCUT2D eigenvalue weighted by Gasteiger charge is 2.22. The average molecular weight is 174 g/mol. The average Bonchev–Trinajstić information content (AvgIpc) is 2.02. The Labute approximate surface area is 75.6 Å². The summed E-state index contributed by atoms with van der Waals surface area (Å²) in [6, 6.07) is 0.383. The fourth-order valence-electron chi connectivity index (χ4n) is 1.19. The Hall–Kier alpha value is -0.120. The van der Waals surface area contributed by atoms with E-state index in [1.54, 1.807) is 6.92 Å². The van der Waals surface area contributed by atoms with Crippen molar-refractivity contribution in [2.24, 2.45) is 5.73 Å². The smallest absolute Gasteiger partial charge is 0.0756 e. The van der Waals surface area contributed by atoms with Crippen molar-refractivity contribution in [2.75, 3.05) is 20.1 Å². The highest BCUT2D eigenvalue weighted by Crippen LogP contribution is 2.13. The van der Waals surface area contributed by atoms with E-state index >= 15 is 0 Å². The van der Waals surface area contributed by atoms with Crippen LogP contribution in [0, 0.1) is 0 Å². The van der Waals surface area contributed by atoms with Gasteiger partial charge >= 0.3 is 0 Å². The molecular formula is C9H22N2O. The maximum atomic E-state index is 9.69. The second kappa shape index (κ2) is 4.80. The second-order valence-electron chi connectivity index (χ2n) is 3.83. The van der Waals surface area contributed by atoms with Crippen molar-refractivity contribution in [3.63, 3.8) is 0 Å². The molecule has 0 aliphatic heterocycles. The molecule has 0 fully saturated rings. The predicted molar refractivity (Wildman–Crippen MR) is 52.1 cm³/mol. The zero-order valence-electron chi connectivity index (χ0n) is 8.67. The Morgan fingerprint density at radius 2 is 2.08 bits per heavy atom. The molecule has 3 nitrogen and oxygen atoms in total. The van der Waals surface area contributed by atoms with E-state index in [9.17, 15) is 5.11 Å². The molecular weight excluding hydrogens is 152 g/mol.